The van der Waals surface area contributed by atoms with Gasteiger partial charge in [-0.2, -0.15) is 0 Å². The molecule has 1 aromatic carbocycles. The van der Waals surface area contributed by atoms with E-state index in [9.17, 15) is 9.59 Å². The first kappa shape index (κ1) is 13.4. The number of furan rings is 1. The van der Waals surface area contributed by atoms with Crippen molar-refractivity contribution in [2.45, 2.75) is 19.4 Å². The average Bonchev–Trinajstić information content (AvgIpc) is 2.79. The van der Waals surface area contributed by atoms with Crippen LogP contribution in [0.25, 0.3) is 0 Å². The van der Waals surface area contributed by atoms with Crippen LogP contribution in [-0.2, 0) is 9.59 Å². The van der Waals surface area contributed by atoms with Gasteiger partial charge < -0.3 is 20.8 Å². The molecule has 0 fully saturated rings. The molecule has 1 unspecified atom stereocenters. The normalized spacial score (nSPS) is 15.7. The minimum Gasteiger partial charge on any atom is -0.464 e. The van der Waals surface area contributed by atoms with Gasteiger partial charge in [-0.25, -0.2) is 0 Å². The zero-order valence-corrected chi connectivity index (χ0v) is 11.5. The van der Waals surface area contributed by atoms with Crippen LogP contribution in [0.15, 0.2) is 34.7 Å². The molecule has 1 aliphatic heterocycles. The van der Waals surface area contributed by atoms with Crippen LogP contribution in [-0.4, -0.2) is 11.8 Å². The van der Waals surface area contributed by atoms with Gasteiger partial charge >= 0.3 is 0 Å². The van der Waals surface area contributed by atoms with Crippen LogP contribution in [0.3, 0.4) is 0 Å². The fourth-order valence-electron chi connectivity index (χ4n) is 2.29. The Morgan fingerprint density at radius 1 is 1.10 bits per heavy atom. The minimum atomic E-state index is -0.431. The predicted octanol–water partition coefficient (Wildman–Crippen LogP) is 1.92. The lowest BCUT2D eigenvalue weighted by Crippen LogP contribution is -2.16. The number of anilines is 2. The van der Waals surface area contributed by atoms with Gasteiger partial charge in [0.1, 0.15) is 17.9 Å². The van der Waals surface area contributed by atoms with Gasteiger partial charge in [-0.1, -0.05) is 6.07 Å². The Hall–Kier alpha value is -2.60. The molecule has 2 amide bonds. The second-order valence-electron chi connectivity index (χ2n) is 5.00. The van der Waals surface area contributed by atoms with Crippen LogP contribution in [0.4, 0.5) is 11.4 Å². The maximum Gasteiger partial charge on any atom is 0.233 e. The molecule has 0 bridgehead atoms. The highest BCUT2D eigenvalue weighted by Crippen LogP contribution is 2.30. The number of amides is 2. The molecule has 108 valence electrons. The summed E-state index contributed by atoms with van der Waals surface area (Å²) in [4.78, 5) is 23.1. The van der Waals surface area contributed by atoms with E-state index in [1.165, 1.54) is 0 Å². The van der Waals surface area contributed by atoms with Crippen molar-refractivity contribution < 1.29 is 14.0 Å². The van der Waals surface area contributed by atoms with E-state index in [-0.39, 0.29) is 18.2 Å². The summed E-state index contributed by atoms with van der Waals surface area (Å²) in [6, 6.07) is 8.52. The van der Waals surface area contributed by atoms with E-state index in [0.717, 1.165) is 11.3 Å². The van der Waals surface area contributed by atoms with E-state index < -0.39 is 6.04 Å². The molecule has 0 saturated heterocycles. The van der Waals surface area contributed by atoms with Crippen molar-refractivity contribution in [3.63, 3.8) is 0 Å². The Balaban J connectivity index is 1.95. The topological polar surface area (TPSA) is 97.4 Å². The molecule has 21 heavy (non-hydrogen) atoms. The Bertz CT molecular complexity index is 721. The van der Waals surface area contributed by atoms with E-state index >= 15 is 0 Å². The number of carbonyl (C=O) groups is 2. The molecule has 0 spiro atoms. The van der Waals surface area contributed by atoms with E-state index in [4.69, 9.17) is 10.2 Å². The molecule has 0 radical (unpaired) electrons. The SMILES string of the molecule is Cc1ccc(C(N)c2ccc3c(c2)NC(=O)CC(=O)N3)o1. The number of hydrogen-bond donors (Lipinski definition) is 3. The van der Waals surface area contributed by atoms with Gasteiger partial charge in [0, 0.05) is 0 Å². The number of aryl methyl sites for hydroxylation is 1. The van der Waals surface area contributed by atoms with E-state index in [2.05, 4.69) is 10.6 Å². The molecular formula is C15H15N3O3. The largest absolute Gasteiger partial charge is 0.464 e. The standard InChI is InChI=1S/C15H15N3O3/c1-8-2-5-12(21-8)15(16)9-3-4-10-11(6-9)18-14(20)7-13(19)17-10/h2-6,15H,7,16H2,1H3,(H,17,19)(H,18,20). The first-order valence-corrected chi connectivity index (χ1v) is 6.58. The lowest BCUT2D eigenvalue weighted by Gasteiger charge is -2.13. The highest BCUT2D eigenvalue weighted by atomic mass is 16.3. The van der Waals surface area contributed by atoms with Crippen LogP contribution in [0, 0.1) is 6.92 Å². The maximum atomic E-state index is 11.6. The molecule has 2 heterocycles. The predicted molar refractivity (Wildman–Crippen MR) is 77.8 cm³/mol. The van der Waals surface area contributed by atoms with Crippen LogP contribution >= 0.6 is 0 Å². The van der Waals surface area contributed by atoms with Gasteiger partial charge in [-0.15, -0.1) is 0 Å². The van der Waals surface area contributed by atoms with Gasteiger partial charge in [0.05, 0.1) is 17.4 Å². The summed E-state index contributed by atoms with van der Waals surface area (Å²) >= 11 is 0. The van der Waals surface area contributed by atoms with Crippen LogP contribution in [0.2, 0.25) is 0 Å². The number of hydrogen-bond acceptors (Lipinski definition) is 4. The van der Waals surface area contributed by atoms with Crippen molar-refractivity contribution in [2.75, 3.05) is 10.6 Å². The molecule has 6 nitrogen and oxygen atoms in total. The molecule has 0 saturated carbocycles. The third kappa shape index (κ3) is 2.66. The Kier molecular flexibility index (Phi) is 3.23. The number of fused-ring (bicyclic) bond motifs is 1. The van der Waals surface area contributed by atoms with E-state index in [1.807, 2.05) is 19.1 Å². The summed E-state index contributed by atoms with van der Waals surface area (Å²) in [6.07, 6.45) is -0.187. The fourth-order valence-corrected chi connectivity index (χ4v) is 2.29. The fraction of sp³-hybridized carbons (Fsp3) is 0.200. The van der Waals surface area contributed by atoms with Crippen LogP contribution < -0.4 is 16.4 Å². The molecule has 1 atom stereocenters. The maximum absolute atomic E-state index is 11.6. The Morgan fingerprint density at radius 2 is 1.81 bits per heavy atom. The van der Waals surface area contributed by atoms with E-state index in [0.29, 0.717) is 17.1 Å². The second kappa shape index (κ2) is 5.06. The lowest BCUT2D eigenvalue weighted by atomic mass is 10.0. The highest BCUT2D eigenvalue weighted by Gasteiger charge is 2.20. The number of nitrogens with one attached hydrogen (secondary N) is 2. The average molecular weight is 285 g/mol. The molecule has 6 heteroatoms. The van der Waals surface area contributed by atoms with Gasteiger partial charge in [-0.05, 0) is 36.8 Å². The van der Waals surface area contributed by atoms with Gasteiger partial charge in [-0.3, -0.25) is 9.59 Å². The minimum absolute atomic E-state index is 0.187. The van der Waals surface area contributed by atoms with Gasteiger partial charge in [0.25, 0.3) is 0 Å². The molecule has 4 N–H and O–H groups in total. The van der Waals surface area contributed by atoms with Crippen molar-refractivity contribution in [3.8, 4) is 0 Å². The Labute approximate surface area is 121 Å². The number of carbonyl (C=O) groups excluding carboxylic acids is 2. The summed E-state index contributed by atoms with van der Waals surface area (Å²) in [5.74, 6) is 0.767. The van der Waals surface area contributed by atoms with E-state index in [1.54, 1.807) is 18.2 Å². The molecule has 1 aliphatic rings. The van der Waals surface area contributed by atoms with Gasteiger partial charge in [0.2, 0.25) is 11.8 Å². The third-order valence-corrected chi connectivity index (χ3v) is 3.34. The smallest absolute Gasteiger partial charge is 0.233 e. The lowest BCUT2D eigenvalue weighted by molar-refractivity contribution is -0.123. The molecule has 0 aliphatic carbocycles. The Morgan fingerprint density at radius 3 is 2.48 bits per heavy atom. The summed E-state index contributed by atoms with van der Waals surface area (Å²) in [5, 5.41) is 5.37. The van der Waals surface area contributed by atoms with Crippen LogP contribution in [0.1, 0.15) is 29.5 Å². The van der Waals surface area contributed by atoms with Crippen molar-refractivity contribution in [1.29, 1.82) is 0 Å². The zero-order valence-electron chi connectivity index (χ0n) is 11.5. The monoisotopic (exact) mass is 285 g/mol. The first-order chi connectivity index (χ1) is 10.0. The molecule has 1 aromatic heterocycles. The number of rotatable bonds is 2. The zero-order chi connectivity index (χ0) is 15.0. The van der Waals surface area contributed by atoms with Crippen molar-refractivity contribution in [2.24, 2.45) is 5.73 Å². The molecule has 2 aromatic rings. The van der Waals surface area contributed by atoms with Crippen molar-refractivity contribution >= 4 is 23.2 Å². The highest BCUT2D eigenvalue weighted by molar-refractivity contribution is 6.13. The molecule has 3 rings (SSSR count). The summed E-state index contributed by atoms with van der Waals surface area (Å²) < 4.78 is 5.52. The van der Waals surface area contributed by atoms with Gasteiger partial charge in [0.15, 0.2) is 0 Å². The number of benzene rings is 1. The number of nitrogens with two attached hydrogens (primary N) is 1. The molecular weight excluding hydrogens is 270 g/mol. The quantitative estimate of drug-likeness (QED) is 0.734. The summed E-state index contributed by atoms with van der Waals surface area (Å²) in [5.41, 5.74) is 8.07. The van der Waals surface area contributed by atoms with Crippen LogP contribution in [0.5, 0.6) is 0 Å². The third-order valence-electron chi connectivity index (χ3n) is 3.34. The van der Waals surface area contributed by atoms with Crippen molar-refractivity contribution in [1.82, 2.24) is 0 Å². The first-order valence-electron chi connectivity index (χ1n) is 6.58. The second-order valence-corrected chi connectivity index (χ2v) is 5.00. The van der Waals surface area contributed by atoms with Crippen molar-refractivity contribution in [3.05, 3.63) is 47.4 Å². The summed E-state index contributed by atoms with van der Waals surface area (Å²) in [6.45, 7) is 1.85. The summed E-state index contributed by atoms with van der Waals surface area (Å²) in [7, 11) is 0.